The van der Waals surface area contributed by atoms with Crippen LogP contribution in [-0.4, -0.2) is 59.4 Å². The van der Waals surface area contributed by atoms with E-state index in [0.717, 1.165) is 0 Å². The Morgan fingerprint density at radius 2 is 1.85 bits per heavy atom. The Kier molecular flexibility index (Phi) is 4.86. The van der Waals surface area contributed by atoms with Gasteiger partial charge in [0.25, 0.3) is 0 Å². The van der Waals surface area contributed by atoms with Crippen LogP contribution in [0.15, 0.2) is 18.5 Å². The van der Waals surface area contributed by atoms with Crippen LogP contribution in [0.25, 0.3) is 0 Å². The molecule has 7 heteroatoms. The normalized spacial score (nSPS) is 15.1. The molecule has 2 heterocycles. The summed E-state index contributed by atoms with van der Waals surface area (Å²) in [6.07, 6.45) is 3.80. The summed E-state index contributed by atoms with van der Waals surface area (Å²) in [4.78, 5) is 34.9. The fraction of sp³-hybridized carbons (Fsp3) is 0.538. The molecule has 1 aliphatic rings. The van der Waals surface area contributed by atoms with Gasteiger partial charge in [0.15, 0.2) is 0 Å². The first-order valence-electron chi connectivity index (χ1n) is 6.71. The Bertz CT molecular complexity index is 457. The number of aromatic nitrogens is 2. The molecule has 1 aliphatic heterocycles. The summed E-state index contributed by atoms with van der Waals surface area (Å²) < 4.78 is 0. The minimum Gasteiger partial charge on any atom is -0.338 e. The maximum Gasteiger partial charge on any atom is 0.317 e. The lowest BCUT2D eigenvalue weighted by molar-refractivity contribution is -0.116. The molecular formula is C13H19N5O2. The molecule has 0 spiro atoms. The Balaban J connectivity index is 1.76. The molecule has 1 fully saturated rings. The van der Waals surface area contributed by atoms with Crippen LogP contribution in [0.2, 0.25) is 0 Å². The second-order valence-corrected chi connectivity index (χ2v) is 4.71. The number of carbonyl (C=O) groups is 2. The van der Waals surface area contributed by atoms with Crippen molar-refractivity contribution < 1.29 is 9.59 Å². The van der Waals surface area contributed by atoms with Crippen LogP contribution in [0.3, 0.4) is 0 Å². The summed E-state index contributed by atoms with van der Waals surface area (Å²) in [6, 6.07) is 1.67. The number of urea groups is 1. The molecule has 20 heavy (non-hydrogen) atoms. The van der Waals surface area contributed by atoms with Gasteiger partial charge in [-0.1, -0.05) is 0 Å². The minimum absolute atomic E-state index is 0.0799. The third-order valence-electron chi connectivity index (χ3n) is 3.16. The predicted molar refractivity (Wildman–Crippen MR) is 74.5 cm³/mol. The number of anilines is 1. The number of nitrogens with one attached hydrogen (secondary N) is 1. The highest BCUT2D eigenvalue weighted by Gasteiger charge is 2.21. The Morgan fingerprint density at radius 3 is 2.45 bits per heavy atom. The number of rotatable bonds is 4. The fourth-order valence-corrected chi connectivity index (χ4v) is 2.02. The first-order chi connectivity index (χ1) is 9.66. The van der Waals surface area contributed by atoms with E-state index < -0.39 is 0 Å². The quantitative estimate of drug-likeness (QED) is 0.855. The van der Waals surface area contributed by atoms with E-state index in [9.17, 15) is 9.59 Å². The standard InChI is InChI=1S/C13H19N5O2/c1-11(19)3-6-16-13(20)18-9-7-17(8-10-18)12-14-4-2-5-15-12/h2,4-5H,3,6-10H2,1H3,(H,16,20). The van der Waals surface area contributed by atoms with Crippen molar-refractivity contribution in [3.63, 3.8) is 0 Å². The van der Waals surface area contributed by atoms with Gasteiger partial charge in [0, 0.05) is 51.5 Å². The summed E-state index contributed by atoms with van der Waals surface area (Å²) in [7, 11) is 0. The van der Waals surface area contributed by atoms with Crippen molar-refractivity contribution in [1.29, 1.82) is 0 Å². The van der Waals surface area contributed by atoms with E-state index in [1.165, 1.54) is 6.92 Å². The van der Waals surface area contributed by atoms with Crippen LogP contribution in [0, 0.1) is 0 Å². The van der Waals surface area contributed by atoms with Crippen LogP contribution in [0.4, 0.5) is 10.7 Å². The second kappa shape index (κ2) is 6.83. The van der Waals surface area contributed by atoms with Gasteiger partial charge in [-0.2, -0.15) is 0 Å². The van der Waals surface area contributed by atoms with Crippen LogP contribution >= 0.6 is 0 Å². The molecule has 1 aromatic heterocycles. The molecular weight excluding hydrogens is 258 g/mol. The topological polar surface area (TPSA) is 78.4 Å². The fourth-order valence-electron chi connectivity index (χ4n) is 2.02. The van der Waals surface area contributed by atoms with Gasteiger partial charge in [-0.25, -0.2) is 14.8 Å². The van der Waals surface area contributed by atoms with Crippen molar-refractivity contribution in [3.8, 4) is 0 Å². The molecule has 0 aliphatic carbocycles. The van der Waals surface area contributed by atoms with E-state index in [0.29, 0.717) is 45.1 Å². The highest BCUT2D eigenvalue weighted by molar-refractivity contribution is 5.78. The van der Waals surface area contributed by atoms with Crippen molar-refractivity contribution >= 4 is 17.8 Å². The lowest BCUT2D eigenvalue weighted by Crippen LogP contribution is -2.52. The Morgan fingerprint density at radius 1 is 1.20 bits per heavy atom. The summed E-state index contributed by atoms with van der Waals surface area (Å²) in [6.45, 7) is 4.60. The number of piperazine rings is 1. The molecule has 1 saturated heterocycles. The molecule has 0 aromatic carbocycles. The molecule has 2 amide bonds. The maximum atomic E-state index is 11.9. The number of carbonyl (C=O) groups excluding carboxylic acids is 2. The number of hydrogen-bond donors (Lipinski definition) is 1. The highest BCUT2D eigenvalue weighted by Crippen LogP contribution is 2.09. The molecule has 7 nitrogen and oxygen atoms in total. The van der Waals surface area contributed by atoms with Crippen molar-refractivity contribution in [2.45, 2.75) is 13.3 Å². The Labute approximate surface area is 118 Å². The van der Waals surface area contributed by atoms with E-state index in [4.69, 9.17) is 0 Å². The second-order valence-electron chi connectivity index (χ2n) is 4.71. The zero-order valence-electron chi connectivity index (χ0n) is 11.6. The molecule has 1 aromatic rings. The largest absolute Gasteiger partial charge is 0.338 e. The zero-order valence-corrected chi connectivity index (χ0v) is 11.6. The number of amides is 2. The minimum atomic E-state index is -0.111. The van der Waals surface area contributed by atoms with Gasteiger partial charge in [0.2, 0.25) is 5.95 Å². The average Bonchev–Trinajstić information content (AvgIpc) is 2.48. The van der Waals surface area contributed by atoms with E-state index >= 15 is 0 Å². The van der Waals surface area contributed by atoms with E-state index in [-0.39, 0.29) is 11.8 Å². The summed E-state index contributed by atoms with van der Waals surface area (Å²) in [5.74, 6) is 0.778. The number of hydrogen-bond acceptors (Lipinski definition) is 5. The lowest BCUT2D eigenvalue weighted by atomic mass is 10.3. The average molecular weight is 277 g/mol. The molecule has 0 bridgehead atoms. The molecule has 0 atom stereocenters. The summed E-state index contributed by atoms with van der Waals surface area (Å²) >= 11 is 0. The van der Waals surface area contributed by atoms with Gasteiger partial charge in [0.1, 0.15) is 5.78 Å². The summed E-state index contributed by atoms with van der Waals surface area (Å²) in [5.41, 5.74) is 0. The smallest absolute Gasteiger partial charge is 0.317 e. The third-order valence-corrected chi connectivity index (χ3v) is 3.16. The van der Waals surface area contributed by atoms with Gasteiger partial charge in [0.05, 0.1) is 0 Å². The molecule has 2 rings (SSSR count). The zero-order chi connectivity index (χ0) is 14.4. The Hall–Kier alpha value is -2.18. The predicted octanol–water partition coefficient (Wildman–Crippen LogP) is 0.287. The molecule has 1 N–H and O–H groups in total. The number of nitrogens with zero attached hydrogens (tertiary/aromatic N) is 4. The highest BCUT2D eigenvalue weighted by atomic mass is 16.2. The number of ketones is 1. The third kappa shape index (κ3) is 3.91. The van der Waals surface area contributed by atoms with E-state index in [1.54, 1.807) is 23.4 Å². The SMILES string of the molecule is CC(=O)CCNC(=O)N1CCN(c2ncccn2)CC1. The molecule has 108 valence electrons. The van der Waals surface area contributed by atoms with E-state index in [2.05, 4.69) is 20.2 Å². The molecule has 0 radical (unpaired) electrons. The van der Waals surface area contributed by atoms with Crippen LogP contribution in [0.5, 0.6) is 0 Å². The van der Waals surface area contributed by atoms with Gasteiger partial charge in [-0.05, 0) is 13.0 Å². The van der Waals surface area contributed by atoms with Crippen molar-refractivity contribution in [2.75, 3.05) is 37.6 Å². The van der Waals surface area contributed by atoms with Crippen molar-refractivity contribution in [3.05, 3.63) is 18.5 Å². The van der Waals surface area contributed by atoms with Gasteiger partial charge in [-0.3, -0.25) is 4.79 Å². The first-order valence-corrected chi connectivity index (χ1v) is 6.71. The monoisotopic (exact) mass is 277 g/mol. The van der Waals surface area contributed by atoms with Gasteiger partial charge >= 0.3 is 6.03 Å². The van der Waals surface area contributed by atoms with Crippen molar-refractivity contribution in [1.82, 2.24) is 20.2 Å². The van der Waals surface area contributed by atoms with E-state index in [1.807, 2.05) is 0 Å². The van der Waals surface area contributed by atoms with Crippen LogP contribution < -0.4 is 10.2 Å². The summed E-state index contributed by atoms with van der Waals surface area (Å²) in [5, 5.41) is 2.75. The lowest BCUT2D eigenvalue weighted by Gasteiger charge is -2.34. The van der Waals surface area contributed by atoms with Gasteiger partial charge in [-0.15, -0.1) is 0 Å². The van der Waals surface area contributed by atoms with Crippen LogP contribution in [-0.2, 0) is 4.79 Å². The van der Waals surface area contributed by atoms with Gasteiger partial charge < -0.3 is 15.1 Å². The van der Waals surface area contributed by atoms with Crippen LogP contribution in [0.1, 0.15) is 13.3 Å². The first kappa shape index (κ1) is 14.2. The molecule has 0 unspecified atom stereocenters. The van der Waals surface area contributed by atoms with Crippen molar-refractivity contribution in [2.24, 2.45) is 0 Å². The molecule has 0 saturated carbocycles. The maximum absolute atomic E-state index is 11.9. The number of Topliss-reactive ketones (excluding diaryl/α,β-unsaturated/α-hetero) is 1.